The number of thiophene rings is 1. The molecule has 2 fully saturated rings. The summed E-state index contributed by atoms with van der Waals surface area (Å²) in [5, 5.41) is 0. The minimum atomic E-state index is 0.735. The Morgan fingerprint density at radius 3 is 2.73 bits per heavy atom. The SMILES string of the molecule is Cc1ccc(SN2CCC3(CCC3)C2)s1. The van der Waals surface area contributed by atoms with Crippen LogP contribution in [0.3, 0.4) is 0 Å². The van der Waals surface area contributed by atoms with Crippen molar-refractivity contribution in [3.05, 3.63) is 17.0 Å². The molecule has 1 spiro atoms. The summed E-state index contributed by atoms with van der Waals surface area (Å²) in [7, 11) is 0. The molecule has 1 saturated carbocycles. The van der Waals surface area contributed by atoms with E-state index < -0.39 is 0 Å². The molecule has 0 radical (unpaired) electrons. The smallest absolute Gasteiger partial charge is 0.0756 e. The third-order valence-corrected chi connectivity index (χ3v) is 5.91. The number of rotatable bonds is 2. The van der Waals surface area contributed by atoms with Gasteiger partial charge in [-0.2, -0.15) is 0 Å². The van der Waals surface area contributed by atoms with Crippen LogP contribution in [0.1, 0.15) is 30.6 Å². The molecule has 3 heteroatoms. The summed E-state index contributed by atoms with van der Waals surface area (Å²) in [6.07, 6.45) is 5.86. The second kappa shape index (κ2) is 3.79. The first-order valence-corrected chi connectivity index (χ1v) is 7.34. The maximum atomic E-state index is 2.57. The largest absolute Gasteiger partial charge is 0.245 e. The van der Waals surface area contributed by atoms with Crippen LogP contribution in [0.2, 0.25) is 0 Å². The molecular formula is C12H17NS2. The summed E-state index contributed by atoms with van der Waals surface area (Å²) < 4.78 is 4.04. The van der Waals surface area contributed by atoms with Gasteiger partial charge in [-0.25, -0.2) is 4.31 Å². The molecule has 15 heavy (non-hydrogen) atoms. The van der Waals surface area contributed by atoms with E-state index in [1.807, 2.05) is 23.3 Å². The third-order valence-electron chi connectivity index (χ3n) is 3.75. The van der Waals surface area contributed by atoms with Crippen LogP contribution in [0.5, 0.6) is 0 Å². The van der Waals surface area contributed by atoms with Crippen LogP contribution < -0.4 is 0 Å². The summed E-state index contributed by atoms with van der Waals surface area (Å²) >= 11 is 3.90. The van der Waals surface area contributed by atoms with Crippen molar-refractivity contribution < 1.29 is 0 Å². The van der Waals surface area contributed by atoms with Crippen molar-refractivity contribution >= 4 is 23.3 Å². The topological polar surface area (TPSA) is 3.24 Å². The van der Waals surface area contributed by atoms with Crippen molar-refractivity contribution in [3.8, 4) is 0 Å². The highest BCUT2D eigenvalue weighted by atomic mass is 32.2. The minimum absolute atomic E-state index is 0.735. The molecule has 1 aromatic heterocycles. The zero-order chi connectivity index (χ0) is 10.3. The van der Waals surface area contributed by atoms with Crippen molar-refractivity contribution in [2.75, 3.05) is 13.1 Å². The third kappa shape index (κ3) is 1.97. The fraction of sp³-hybridized carbons (Fsp3) is 0.667. The molecule has 2 heterocycles. The molecule has 3 rings (SSSR count). The van der Waals surface area contributed by atoms with Crippen molar-refractivity contribution in [3.63, 3.8) is 0 Å². The van der Waals surface area contributed by atoms with Crippen LogP contribution in [0, 0.1) is 12.3 Å². The van der Waals surface area contributed by atoms with Gasteiger partial charge in [0.2, 0.25) is 0 Å². The summed E-state index contributed by atoms with van der Waals surface area (Å²) in [6, 6.07) is 4.48. The number of hydrogen-bond acceptors (Lipinski definition) is 3. The van der Waals surface area contributed by atoms with Crippen LogP contribution in [0.15, 0.2) is 16.3 Å². The van der Waals surface area contributed by atoms with E-state index >= 15 is 0 Å². The molecule has 0 atom stereocenters. The van der Waals surface area contributed by atoms with Crippen molar-refractivity contribution in [1.29, 1.82) is 0 Å². The quantitative estimate of drug-likeness (QED) is 0.719. The lowest BCUT2D eigenvalue weighted by Gasteiger charge is -2.37. The molecule has 2 aliphatic rings. The first kappa shape index (κ1) is 10.2. The highest BCUT2D eigenvalue weighted by Gasteiger charge is 2.42. The van der Waals surface area contributed by atoms with Crippen LogP contribution in [0.4, 0.5) is 0 Å². The molecular weight excluding hydrogens is 222 g/mol. The van der Waals surface area contributed by atoms with Gasteiger partial charge in [-0.05, 0) is 55.7 Å². The van der Waals surface area contributed by atoms with Gasteiger partial charge in [-0.3, -0.25) is 0 Å². The van der Waals surface area contributed by atoms with Gasteiger partial charge in [0, 0.05) is 18.0 Å². The van der Waals surface area contributed by atoms with Crippen molar-refractivity contribution in [2.45, 2.75) is 36.8 Å². The van der Waals surface area contributed by atoms with Crippen LogP contribution >= 0.6 is 23.3 Å². The second-order valence-electron chi connectivity index (χ2n) is 4.92. The molecule has 0 amide bonds. The fourth-order valence-corrected chi connectivity index (χ4v) is 5.00. The molecule has 1 aliphatic heterocycles. The monoisotopic (exact) mass is 239 g/mol. The Kier molecular flexibility index (Phi) is 2.57. The molecule has 1 saturated heterocycles. The normalized spacial score (nSPS) is 24.6. The molecule has 0 aromatic carbocycles. The Hall–Kier alpha value is 0.01000. The van der Waals surface area contributed by atoms with Gasteiger partial charge in [-0.15, -0.1) is 11.3 Å². The Morgan fingerprint density at radius 2 is 2.20 bits per heavy atom. The summed E-state index contributed by atoms with van der Waals surface area (Å²) in [4.78, 5) is 1.43. The average Bonchev–Trinajstić information content (AvgIpc) is 2.72. The number of nitrogens with zero attached hydrogens (tertiary/aromatic N) is 1. The number of hydrogen-bond donors (Lipinski definition) is 0. The van der Waals surface area contributed by atoms with Gasteiger partial charge >= 0.3 is 0 Å². The second-order valence-corrected chi connectivity index (χ2v) is 7.61. The highest BCUT2D eigenvalue weighted by Crippen LogP contribution is 2.50. The maximum absolute atomic E-state index is 2.57. The highest BCUT2D eigenvalue weighted by molar-refractivity contribution is 7.98. The lowest BCUT2D eigenvalue weighted by atomic mass is 9.68. The lowest BCUT2D eigenvalue weighted by molar-refractivity contribution is 0.155. The fourth-order valence-electron chi connectivity index (χ4n) is 2.65. The summed E-state index contributed by atoms with van der Waals surface area (Å²) in [5.74, 6) is 0. The Balaban J connectivity index is 1.61. The lowest BCUT2D eigenvalue weighted by Crippen LogP contribution is -2.31. The van der Waals surface area contributed by atoms with Crippen molar-refractivity contribution in [2.24, 2.45) is 5.41 Å². The zero-order valence-electron chi connectivity index (χ0n) is 9.16. The van der Waals surface area contributed by atoms with Crippen molar-refractivity contribution in [1.82, 2.24) is 4.31 Å². The van der Waals surface area contributed by atoms with Gasteiger partial charge < -0.3 is 0 Å². The van der Waals surface area contributed by atoms with E-state index in [1.54, 1.807) is 0 Å². The standard InChI is InChI=1S/C12H17NS2/c1-10-3-4-11(14-10)15-13-8-7-12(9-13)5-2-6-12/h3-4H,2,5-9H2,1H3. The summed E-state index contributed by atoms with van der Waals surface area (Å²) in [6.45, 7) is 4.81. The average molecular weight is 239 g/mol. The predicted octanol–water partition coefficient (Wildman–Crippen LogP) is 3.94. The Labute approximate surface area is 100.0 Å². The molecule has 1 aromatic rings. The molecule has 82 valence electrons. The minimum Gasteiger partial charge on any atom is -0.245 e. The zero-order valence-corrected chi connectivity index (χ0v) is 10.8. The predicted molar refractivity (Wildman–Crippen MR) is 67.4 cm³/mol. The van der Waals surface area contributed by atoms with Gasteiger partial charge in [0.05, 0.1) is 4.21 Å². The summed E-state index contributed by atoms with van der Waals surface area (Å²) in [5.41, 5.74) is 0.735. The molecule has 0 unspecified atom stereocenters. The van der Waals surface area contributed by atoms with Gasteiger partial charge in [0.25, 0.3) is 0 Å². The van der Waals surface area contributed by atoms with E-state index in [2.05, 4.69) is 23.4 Å². The van der Waals surface area contributed by atoms with E-state index in [0.717, 1.165) is 5.41 Å². The van der Waals surface area contributed by atoms with Crippen LogP contribution in [0.25, 0.3) is 0 Å². The Bertz CT molecular complexity index is 354. The van der Waals surface area contributed by atoms with E-state index in [9.17, 15) is 0 Å². The van der Waals surface area contributed by atoms with Gasteiger partial charge in [-0.1, -0.05) is 6.42 Å². The van der Waals surface area contributed by atoms with Crippen LogP contribution in [-0.2, 0) is 0 Å². The van der Waals surface area contributed by atoms with Gasteiger partial charge in [0.15, 0.2) is 0 Å². The maximum Gasteiger partial charge on any atom is 0.0756 e. The van der Waals surface area contributed by atoms with E-state index in [1.165, 1.54) is 47.9 Å². The Morgan fingerprint density at radius 1 is 1.33 bits per heavy atom. The van der Waals surface area contributed by atoms with E-state index in [4.69, 9.17) is 0 Å². The first-order valence-electron chi connectivity index (χ1n) is 5.75. The number of aryl methyl sites for hydroxylation is 1. The molecule has 1 aliphatic carbocycles. The van der Waals surface area contributed by atoms with E-state index in [0.29, 0.717) is 0 Å². The van der Waals surface area contributed by atoms with Crippen LogP contribution in [-0.4, -0.2) is 17.4 Å². The molecule has 0 bridgehead atoms. The van der Waals surface area contributed by atoms with E-state index in [-0.39, 0.29) is 0 Å². The first-order chi connectivity index (χ1) is 7.26. The molecule has 0 N–H and O–H groups in total. The van der Waals surface area contributed by atoms with Gasteiger partial charge in [0.1, 0.15) is 0 Å². The molecule has 1 nitrogen and oxygen atoms in total.